The lowest BCUT2D eigenvalue weighted by molar-refractivity contribution is -0.156. The lowest BCUT2D eigenvalue weighted by Gasteiger charge is -2.38. The number of amides is 4. The molecule has 0 aliphatic carbocycles. The van der Waals surface area contributed by atoms with Crippen LogP contribution in [0, 0.1) is 17.3 Å². The Kier molecular flexibility index (Phi) is 24.7. The van der Waals surface area contributed by atoms with Crippen LogP contribution in [0.5, 0.6) is 0 Å². The normalized spacial score (nSPS) is 22.1. The first-order valence-corrected chi connectivity index (χ1v) is 23.8. The molecular formula is C50H80N8O8S5. The van der Waals surface area contributed by atoms with Crippen LogP contribution in [0.2, 0.25) is 0 Å². The molecule has 4 aliphatic rings. The fraction of sp³-hybridized carbons (Fsp3) is 0.600. The molecule has 0 spiro atoms. The molecule has 3 fully saturated rings. The van der Waals surface area contributed by atoms with Crippen molar-refractivity contribution in [1.82, 2.24) is 35.1 Å². The number of nitrogens with zero attached hydrogens (tertiary/aromatic N) is 6. The quantitative estimate of drug-likeness (QED) is 0.192. The summed E-state index contributed by atoms with van der Waals surface area (Å²) in [5.74, 6) is -2.57. The van der Waals surface area contributed by atoms with Crippen molar-refractivity contribution in [3.63, 3.8) is 0 Å². The average molecular weight is 1080 g/mol. The molecule has 6 heterocycles. The zero-order chi connectivity index (χ0) is 47.4. The van der Waals surface area contributed by atoms with E-state index in [9.17, 15) is 24.0 Å². The molecule has 1 aromatic carbocycles. The summed E-state index contributed by atoms with van der Waals surface area (Å²) in [5, 5.41) is 5.61. The van der Waals surface area contributed by atoms with Crippen molar-refractivity contribution in [2.75, 3.05) is 65.0 Å². The second-order valence-electron chi connectivity index (χ2n) is 19.6. The predicted molar refractivity (Wildman–Crippen MR) is 304 cm³/mol. The summed E-state index contributed by atoms with van der Waals surface area (Å²) in [5.41, 5.74) is 8.77. The third-order valence-electron chi connectivity index (χ3n) is 13.8. The summed E-state index contributed by atoms with van der Waals surface area (Å²) < 4.78 is 20.8. The summed E-state index contributed by atoms with van der Waals surface area (Å²) in [6, 6.07) is 7.91. The van der Waals surface area contributed by atoms with Crippen LogP contribution in [-0.4, -0.2) is 138 Å². The molecule has 6 bridgehead atoms. The molecule has 3 saturated heterocycles. The molecule has 1 unspecified atom stereocenters. The Balaban J connectivity index is 0.00000346. The summed E-state index contributed by atoms with van der Waals surface area (Å²) in [7, 11) is 3.31. The number of methoxy groups -OCH3 is 1. The number of anilines is 1. The van der Waals surface area contributed by atoms with E-state index in [1.54, 1.807) is 25.3 Å². The molecule has 2 aromatic heterocycles. The highest BCUT2D eigenvalue weighted by molar-refractivity contribution is 7.60. The Morgan fingerprint density at radius 2 is 1.76 bits per heavy atom. The number of hydrogen-bond acceptors (Lipinski definition) is 11. The van der Waals surface area contributed by atoms with E-state index >= 15 is 0 Å². The van der Waals surface area contributed by atoms with Gasteiger partial charge in [-0.3, -0.25) is 34.0 Å². The van der Waals surface area contributed by atoms with E-state index in [1.165, 1.54) is 16.0 Å². The number of esters is 1. The number of cyclic esters (lactones) is 1. The monoisotopic (exact) mass is 1080 g/mol. The summed E-state index contributed by atoms with van der Waals surface area (Å²) in [6.45, 7) is 19.2. The Morgan fingerprint density at radius 3 is 2.44 bits per heavy atom. The zero-order valence-corrected chi connectivity index (χ0v) is 47.6. The van der Waals surface area contributed by atoms with Crippen molar-refractivity contribution in [3.05, 3.63) is 60.4 Å². The number of aryl methyl sites for hydroxylation is 1. The van der Waals surface area contributed by atoms with Crippen LogP contribution in [-0.2, 0) is 51.1 Å². The van der Waals surface area contributed by atoms with Gasteiger partial charge >= 0.3 is 5.97 Å². The first-order chi connectivity index (χ1) is 31.5. The first-order valence-electron chi connectivity index (χ1n) is 23.8. The average Bonchev–Trinajstić information content (AvgIpc) is 3.84. The highest BCUT2D eigenvalue weighted by Crippen LogP contribution is 2.42. The van der Waals surface area contributed by atoms with Crippen molar-refractivity contribution >= 4 is 114 Å². The number of likely N-dealkylation sites (tertiary alicyclic amines) is 1. The van der Waals surface area contributed by atoms with E-state index in [4.69, 9.17) is 19.2 Å². The van der Waals surface area contributed by atoms with Crippen molar-refractivity contribution in [2.24, 2.45) is 17.3 Å². The topological polar surface area (TPSA) is 168 Å². The molecule has 2 N–H and O–H groups in total. The number of likely N-dealkylation sites (N-methyl/N-ethyl adjacent to an activating group) is 1. The van der Waals surface area contributed by atoms with Gasteiger partial charge in [-0.05, 0) is 93.8 Å². The van der Waals surface area contributed by atoms with Crippen LogP contribution in [0.3, 0.4) is 0 Å². The van der Waals surface area contributed by atoms with E-state index in [0.29, 0.717) is 58.5 Å². The van der Waals surface area contributed by atoms with E-state index in [2.05, 4.69) is 71.8 Å². The van der Waals surface area contributed by atoms with E-state index in [-0.39, 0.29) is 111 Å². The Morgan fingerprint density at radius 1 is 1.03 bits per heavy atom. The molecule has 7 rings (SSSR count). The number of aromatic nitrogens is 2. The molecule has 16 nitrogen and oxygen atoms in total. The van der Waals surface area contributed by atoms with Gasteiger partial charge in [0.1, 0.15) is 18.1 Å². The number of hydrogen-bond donors (Lipinski definition) is 2. The summed E-state index contributed by atoms with van der Waals surface area (Å²) in [4.78, 5) is 79.7. The van der Waals surface area contributed by atoms with Gasteiger partial charge in [0.25, 0.3) is 5.91 Å². The minimum Gasteiger partial charge on any atom is -0.464 e. The van der Waals surface area contributed by atoms with Gasteiger partial charge in [-0.15, -0.1) is 0 Å². The van der Waals surface area contributed by atoms with Gasteiger partial charge in [0.15, 0.2) is 0 Å². The largest absolute Gasteiger partial charge is 0.464 e. The van der Waals surface area contributed by atoms with Crippen molar-refractivity contribution < 1.29 is 38.2 Å². The maximum atomic E-state index is 14.8. The molecule has 0 saturated carbocycles. The Bertz CT molecular complexity index is 2320. The third-order valence-corrected chi connectivity index (χ3v) is 13.8. The molecule has 0 radical (unpaired) electrons. The van der Waals surface area contributed by atoms with Gasteiger partial charge in [-0.25, -0.2) is 5.43 Å². The molecule has 21 heteroatoms. The number of carbonyl (C=O) groups excluding carboxylic acids is 5. The number of pyridine rings is 1. The second kappa shape index (κ2) is 27.6. The van der Waals surface area contributed by atoms with Crippen LogP contribution < -0.4 is 15.6 Å². The van der Waals surface area contributed by atoms with E-state index in [0.717, 1.165) is 52.1 Å². The SMILES string of the molecule is C=CC(=O)N1CC[C@H](C(=O)N(C)[C@H](C(=O)NC2C[C@H]3CN(CCCO3)c3ccc4c(c3)c(c(-c3cccnc3[C@H](C)OC)n4CC)CC(C)(C)COC(=O)[C@@H]3CCCN(N3)C2=O)C(C)C)C1.S.S.S.S.S. The van der Waals surface area contributed by atoms with Crippen LogP contribution >= 0.6 is 67.5 Å². The van der Waals surface area contributed by atoms with Crippen LogP contribution in [0.1, 0.15) is 91.0 Å². The number of nitrogens with one attached hydrogen (secondary N) is 2. The van der Waals surface area contributed by atoms with Crippen molar-refractivity contribution in [1.29, 1.82) is 0 Å². The predicted octanol–water partition coefficient (Wildman–Crippen LogP) is 5.60. The number of rotatable bonds is 10. The molecule has 3 aromatic rings. The van der Waals surface area contributed by atoms with E-state index < -0.39 is 53.3 Å². The smallest absolute Gasteiger partial charge is 0.324 e. The molecule has 4 amide bonds. The molecule has 71 heavy (non-hydrogen) atoms. The summed E-state index contributed by atoms with van der Waals surface area (Å²) in [6.07, 6.45) is 5.32. The maximum absolute atomic E-state index is 14.8. The van der Waals surface area contributed by atoms with Crippen LogP contribution in [0.25, 0.3) is 22.2 Å². The number of benzene rings is 1. The van der Waals surface area contributed by atoms with Gasteiger partial charge in [-0.1, -0.05) is 34.3 Å². The van der Waals surface area contributed by atoms with Crippen molar-refractivity contribution in [2.45, 2.75) is 117 Å². The van der Waals surface area contributed by atoms with E-state index in [1.807, 2.05) is 26.8 Å². The van der Waals surface area contributed by atoms with Crippen molar-refractivity contribution in [3.8, 4) is 11.3 Å². The van der Waals surface area contributed by atoms with Gasteiger partial charge in [-0.2, -0.15) is 67.5 Å². The molecule has 4 aliphatic heterocycles. The lowest BCUT2D eigenvalue weighted by Crippen LogP contribution is -2.62. The van der Waals surface area contributed by atoms with Gasteiger partial charge in [0.05, 0.1) is 36.1 Å². The number of fused-ring (bicyclic) bond motifs is 6. The highest BCUT2D eigenvalue weighted by atomic mass is 32.1. The minimum atomic E-state index is -1.06. The van der Waals surface area contributed by atoms with Crippen LogP contribution in [0.4, 0.5) is 5.69 Å². The standard InChI is InChI=1S/C50H70N8O8.5H2S/c1-10-42(59)56-23-19-33(28-56)47(61)54(8)44(31(3)4)46(60)52-40-26-35-29-55(21-14-24-65-35)34-17-18-41-37(25-34)38(45(57(41)11-2)36-15-12-20-51-43(36)32(5)64-9)27-50(6,7)30-66-49(63)39-16-13-22-58(53-39)48(40)62;;;;;/h10,12,15,17-18,20,25,31-33,35,39-40,44,53H,1,11,13-14,16,19,21-24,26-30H2,2-9H3,(H,52,60);5*1H2/t32-,33-,35-,39-,40?,44-;;;;;/m0...../s1. The maximum Gasteiger partial charge on any atom is 0.324 e. The molecule has 398 valence electrons. The number of carbonyl (C=O) groups is 5. The fourth-order valence-electron chi connectivity index (χ4n) is 10.3. The number of hydrazine groups is 1. The summed E-state index contributed by atoms with van der Waals surface area (Å²) >= 11 is 0. The Labute approximate surface area is 455 Å². The van der Waals surface area contributed by atoms with Crippen LogP contribution in [0.15, 0.2) is 49.2 Å². The fourth-order valence-corrected chi connectivity index (χ4v) is 10.3. The zero-order valence-electron chi connectivity index (χ0n) is 42.6. The minimum absolute atomic E-state index is 0. The molecular weight excluding hydrogens is 1000 g/mol. The lowest BCUT2D eigenvalue weighted by atomic mass is 9.84. The first kappa shape index (κ1) is 63.5. The second-order valence-corrected chi connectivity index (χ2v) is 19.6. The van der Waals surface area contributed by atoms with Gasteiger partial charge < -0.3 is 38.8 Å². The Hall–Kier alpha value is -3.57. The number of ether oxygens (including phenoxy) is 3. The highest BCUT2D eigenvalue weighted by Gasteiger charge is 2.41. The third kappa shape index (κ3) is 14.2. The van der Waals surface area contributed by atoms with Gasteiger partial charge in [0.2, 0.25) is 17.7 Å². The van der Waals surface area contributed by atoms with Gasteiger partial charge in [0, 0.05) is 100 Å². The molecule has 6 atom stereocenters.